The molecule has 0 radical (unpaired) electrons. The van der Waals surface area contributed by atoms with E-state index in [2.05, 4.69) is 4.98 Å². The fourth-order valence-electron chi connectivity index (χ4n) is 2.58. The quantitative estimate of drug-likeness (QED) is 0.927. The maximum atomic E-state index is 11.5. The minimum atomic E-state index is -3.11. The highest BCUT2D eigenvalue weighted by Gasteiger charge is 2.21. The SMILES string of the molecule is CS(=O)(=O)N1CC=C(c2c[nH]c3c(Cl)cccc23)CC1. The van der Waals surface area contributed by atoms with Crippen LogP contribution in [0.4, 0.5) is 0 Å². The zero-order chi connectivity index (χ0) is 14.3. The maximum Gasteiger partial charge on any atom is 0.211 e. The lowest BCUT2D eigenvalue weighted by Gasteiger charge is -2.24. The van der Waals surface area contributed by atoms with Crippen molar-refractivity contribution in [3.8, 4) is 0 Å². The zero-order valence-corrected chi connectivity index (χ0v) is 12.6. The number of fused-ring (bicyclic) bond motifs is 1. The van der Waals surface area contributed by atoms with Gasteiger partial charge >= 0.3 is 0 Å². The average molecular weight is 311 g/mol. The predicted octanol–water partition coefficient (Wildman–Crippen LogP) is 2.87. The van der Waals surface area contributed by atoms with Crippen molar-refractivity contribution in [1.82, 2.24) is 9.29 Å². The summed E-state index contributed by atoms with van der Waals surface area (Å²) < 4.78 is 24.5. The Bertz CT molecular complexity index is 793. The topological polar surface area (TPSA) is 53.2 Å². The molecule has 0 unspecified atom stereocenters. The first-order valence-electron chi connectivity index (χ1n) is 6.37. The van der Waals surface area contributed by atoms with E-state index < -0.39 is 10.0 Å². The van der Waals surface area contributed by atoms with Crippen LogP contribution in [0.2, 0.25) is 5.02 Å². The van der Waals surface area contributed by atoms with Crippen molar-refractivity contribution < 1.29 is 8.42 Å². The van der Waals surface area contributed by atoms with Crippen LogP contribution < -0.4 is 0 Å². The molecule has 0 bridgehead atoms. The highest BCUT2D eigenvalue weighted by molar-refractivity contribution is 7.88. The van der Waals surface area contributed by atoms with Crippen molar-refractivity contribution in [3.63, 3.8) is 0 Å². The van der Waals surface area contributed by atoms with Crippen LogP contribution in [0.5, 0.6) is 0 Å². The van der Waals surface area contributed by atoms with Gasteiger partial charge in [-0.1, -0.05) is 29.8 Å². The van der Waals surface area contributed by atoms with Crippen LogP contribution in [-0.2, 0) is 10.0 Å². The Balaban J connectivity index is 1.98. The van der Waals surface area contributed by atoms with Gasteiger partial charge in [-0.05, 0) is 18.1 Å². The highest BCUT2D eigenvalue weighted by Crippen LogP contribution is 2.32. The number of para-hydroxylation sites is 1. The summed E-state index contributed by atoms with van der Waals surface area (Å²) in [7, 11) is -3.11. The Hall–Kier alpha value is -1.30. The van der Waals surface area contributed by atoms with Crippen molar-refractivity contribution in [2.75, 3.05) is 19.3 Å². The standard InChI is InChI=1S/C14H15ClN2O2S/c1-20(18,19)17-7-5-10(6-8-17)12-9-16-14-11(12)3-2-4-13(14)15/h2-5,9,16H,6-8H2,1H3. The lowest BCUT2D eigenvalue weighted by Crippen LogP contribution is -2.33. The van der Waals surface area contributed by atoms with Gasteiger partial charge in [-0.2, -0.15) is 4.31 Å². The molecule has 2 aromatic rings. The van der Waals surface area contributed by atoms with Gasteiger partial charge in [-0.25, -0.2) is 8.42 Å². The van der Waals surface area contributed by atoms with Gasteiger partial charge < -0.3 is 4.98 Å². The molecule has 0 saturated heterocycles. The molecule has 3 rings (SSSR count). The van der Waals surface area contributed by atoms with E-state index in [0.29, 0.717) is 24.5 Å². The van der Waals surface area contributed by atoms with Gasteiger partial charge in [0.1, 0.15) is 0 Å². The minimum absolute atomic E-state index is 0.432. The first-order chi connectivity index (χ1) is 9.47. The van der Waals surface area contributed by atoms with Crippen LogP contribution in [0, 0.1) is 0 Å². The minimum Gasteiger partial charge on any atom is -0.359 e. The Morgan fingerprint density at radius 1 is 1.35 bits per heavy atom. The van der Waals surface area contributed by atoms with Gasteiger partial charge in [0.15, 0.2) is 0 Å². The van der Waals surface area contributed by atoms with E-state index in [0.717, 1.165) is 16.5 Å². The van der Waals surface area contributed by atoms with Crippen molar-refractivity contribution in [2.24, 2.45) is 0 Å². The van der Waals surface area contributed by atoms with Gasteiger partial charge in [0, 0.05) is 30.2 Å². The first-order valence-corrected chi connectivity index (χ1v) is 8.59. The molecule has 106 valence electrons. The van der Waals surface area contributed by atoms with Crippen LogP contribution in [0.15, 0.2) is 30.5 Å². The maximum absolute atomic E-state index is 11.5. The zero-order valence-electron chi connectivity index (χ0n) is 11.1. The molecule has 1 aliphatic rings. The fraction of sp³-hybridized carbons (Fsp3) is 0.286. The van der Waals surface area contributed by atoms with Crippen molar-refractivity contribution in [3.05, 3.63) is 41.1 Å². The summed E-state index contributed by atoms with van der Waals surface area (Å²) in [5.41, 5.74) is 3.20. The van der Waals surface area contributed by atoms with Crippen molar-refractivity contribution in [2.45, 2.75) is 6.42 Å². The lowest BCUT2D eigenvalue weighted by atomic mass is 10.00. The number of aromatic amines is 1. The summed E-state index contributed by atoms with van der Waals surface area (Å²) >= 11 is 6.15. The predicted molar refractivity (Wildman–Crippen MR) is 82.3 cm³/mol. The number of nitrogens with zero attached hydrogens (tertiary/aromatic N) is 1. The van der Waals surface area contributed by atoms with Gasteiger partial charge in [0.25, 0.3) is 0 Å². The molecule has 1 aliphatic heterocycles. The van der Waals surface area contributed by atoms with E-state index in [1.165, 1.54) is 16.1 Å². The normalized spacial score (nSPS) is 17.4. The number of aromatic nitrogens is 1. The van der Waals surface area contributed by atoms with Crippen molar-refractivity contribution >= 4 is 38.1 Å². The van der Waals surface area contributed by atoms with Crippen molar-refractivity contribution in [1.29, 1.82) is 0 Å². The Morgan fingerprint density at radius 3 is 2.80 bits per heavy atom. The molecule has 0 fully saturated rings. The number of benzene rings is 1. The third kappa shape index (κ3) is 2.37. The molecule has 6 heteroatoms. The second kappa shape index (κ2) is 4.91. The summed E-state index contributed by atoms with van der Waals surface area (Å²) in [5.74, 6) is 0. The lowest BCUT2D eigenvalue weighted by molar-refractivity contribution is 0.446. The number of H-pyrrole nitrogens is 1. The van der Waals surface area contributed by atoms with E-state index in [9.17, 15) is 8.42 Å². The molecule has 1 aromatic heterocycles. The number of nitrogens with one attached hydrogen (secondary N) is 1. The van der Waals surface area contributed by atoms with Gasteiger partial charge in [0.2, 0.25) is 10.0 Å². The van der Waals surface area contributed by atoms with Gasteiger partial charge in [-0.15, -0.1) is 0 Å². The first kappa shape index (κ1) is 13.7. The van der Waals surface area contributed by atoms with Gasteiger partial charge in [0.05, 0.1) is 16.8 Å². The van der Waals surface area contributed by atoms with E-state index >= 15 is 0 Å². The number of hydrogen-bond acceptors (Lipinski definition) is 2. The summed E-state index contributed by atoms with van der Waals surface area (Å²) in [6.45, 7) is 0.958. The molecule has 1 N–H and O–H groups in total. The number of rotatable bonds is 2. The van der Waals surface area contributed by atoms with E-state index in [1.807, 2.05) is 30.5 Å². The summed E-state index contributed by atoms with van der Waals surface area (Å²) in [5, 5.41) is 1.78. The molecule has 2 heterocycles. The largest absolute Gasteiger partial charge is 0.359 e. The molecular formula is C14H15ClN2O2S. The molecule has 0 saturated carbocycles. The molecule has 20 heavy (non-hydrogen) atoms. The third-order valence-electron chi connectivity index (χ3n) is 3.65. The Kier molecular flexibility index (Phi) is 3.36. The number of hydrogen-bond donors (Lipinski definition) is 1. The monoisotopic (exact) mass is 310 g/mol. The molecule has 0 atom stereocenters. The van der Waals surface area contributed by atoms with E-state index in [4.69, 9.17) is 11.6 Å². The van der Waals surface area contributed by atoms with E-state index in [-0.39, 0.29) is 0 Å². The number of halogens is 1. The molecule has 0 amide bonds. The summed E-state index contributed by atoms with van der Waals surface area (Å²) in [4.78, 5) is 3.19. The fourth-order valence-corrected chi connectivity index (χ4v) is 3.58. The number of sulfonamides is 1. The molecular weight excluding hydrogens is 296 g/mol. The van der Waals surface area contributed by atoms with Crippen LogP contribution >= 0.6 is 11.6 Å². The third-order valence-corrected chi connectivity index (χ3v) is 5.24. The average Bonchev–Trinajstić information content (AvgIpc) is 2.83. The molecule has 1 aromatic carbocycles. The summed E-state index contributed by atoms with van der Waals surface area (Å²) in [6.07, 6.45) is 5.89. The Morgan fingerprint density at radius 2 is 2.15 bits per heavy atom. The van der Waals surface area contributed by atoms with Crippen LogP contribution in [-0.4, -0.2) is 37.1 Å². The molecule has 0 aliphatic carbocycles. The summed E-state index contributed by atoms with van der Waals surface area (Å²) in [6, 6.07) is 5.80. The van der Waals surface area contributed by atoms with Crippen LogP contribution in [0.1, 0.15) is 12.0 Å². The van der Waals surface area contributed by atoms with Gasteiger partial charge in [-0.3, -0.25) is 0 Å². The van der Waals surface area contributed by atoms with E-state index in [1.54, 1.807) is 0 Å². The molecule has 4 nitrogen and oxygen atoms in total. The second-order valence-electron chi connectivity index (χ2n) is 4.97. The second-order valence-corrected chi connectivity index (χ2v) is 7.35. The highest BCUT2D eigenvalue weighted by atomic mass is 35.5. The van der Waals surface area contributed by atoms with Crippen LogP contribution in [0.25, 0.3) is 16.5 Å². The Labute approximate surface area is 123 Å². The smallest absolute Gasteiger partial charge is 0.211 e. The molecule has 0 spiro atoms. The van der Waals surface area contributed by atoms with Crippen LogP contribution in [0.3, 0.4) is 0 Å².